The number of aromatic nitrogens is 2. The Hall–Kier alpha value is -2.07. The Labute approximate surface area is 107 Å². The minimum Gasteiger partial charge on any atom is -0.399 e. The van der Waals surface area contributed by atoms with Crippen molar-refractivity contribution in [3.63, 3.8) is 0 Å². The van der Waals surface area contributed by atoms with Gasteiger partial charge in [0.05, 0.1) is 16.2 Å². The summed E-state index contributed by atoms with van der Waals surface area (Å²) in [5.41, 5.74) is 8.69. The van der Waals surface area contributed by atoms with Gasteiger partial charge in [0.25, 0.3) is 0 Å². The van der Waals surface area contributed by atoms with Crippen LogP contribution >= 0.6 is 11.6 Å². The molecule has 0 amide bonds. The molecule has 0 fully saturated rings. The number of nitrogens with one attached hydrogen (secondary N) is 1. The Balaban J connectivity index is 2.22. The lowest BCUT2D eigenvalue weighted by Gasteiger charge is -2.00. The monoisotopic (exact) mass is 261 g/mol. The largest absolute Gasteiger partial charge is 0.399 e. The van der Waals surface area contributed by atoms with Crippen LogP contribution in [0, 0.1) is 5.82 Å². The van der Waals surface area contributed by atoms with Crippen LogP contribution in [0.25, 0.3) is 22.2 Å². The molecule has 0 spiro atoms. The first-order chi connectivity index (χ1) is 8.65. The van der Waals surface area contributed by atoms with Crippen molar-refractivity contribution in [2.45, 2.75) is 0 Å². The number of benzene rings is 2. The SMILES string of the molecule is Nc1ccc2c(-c3ccc(F)c(Cl)c3)n[nH]c2c1. The molecule has 3 aromatic rings. The quantitative estimate of drug-likeness (QED) is 0.658. The zero-order chi connectivity index (χ0) is 12.7. The van der Waals surface area contributed by atoms with E-state index in [1.54, 1.807) is 24.3 Å². The Bertz CT molecular complexity index is 736. The van der Waals surface area contributed by atoms with Crippen LogP contribution in [0.1, 0.15) is 0 Å². The van der Waals surface area contributed by atoms with Gasteiger partial charge in [-0.05, 0) is 36.4 Å². The lowest BCUT2D eigenvalue weighted by Crippen LogP contribution is -1.83. The summed E-state index contributed by atoms with van der Waals surface area (Å²) < 4.78 is 13.1. The van der Waals surface area contributed by atoms with Crippen molar-refractivity contribution in [2.75, 3.05) is 5.73 Å². The van der Waals surface area contributed by atoms with E-state index in [9.17, 15) is 4.39 Å². The number of H-pyrrole nitrogens is 1. The third kappa shape index (κ3) is 1.71. The molecule has 1 heterocycles. The first-order valence-electron chi connectivity index (χ1n) is 5.34. The lowest BCUT2D eigenvalue weighted by molar-refractivity contribution is 0.628. The number of aromatic amines is 1. The van der Waals surface area contributed by atoms with Crippen LogP contribution in [0.15, 0.2) is 36.4 Å². The van der Waals surface area contributed by atoms with Gasteiger partial charge in [-0.25, -0.2) is 4.39 Å². The molecule has 2 aromatic carbocycles. The van der Waals surface area contributed by atoms with Crippen molar-refractivity contribution >= 4 is 28.2 Å². The second-order valence-electron chi connectivity index (χ2n) is 4.01. The van der Waals surface area contributed by atoms with E-state index >= 15 is 0 Å². The molecular weight excluding hydrogens is 253 g/mol. The Morgan fingerprint density at radius 2 is 2.00 bits per heavy atom. The van der Waals surface area contributed by atoms with Crippen molar-refractivity contribution in [3.05, 3.63) is 47.2 Å². The van der Waals surface area contributed by atoms with Crippen LogP contribution in [-0.4, -0.2) is 10.2 Å². The highest BCUT2D eigenvalue weighted by molar-refractivity contribution is 6.31. The molecule has 0 unspecified atom stereocenters. The van der Waals surface area contributed by atoms with Gasteiger partial charge in [-0.1, -0.05) is 11.6 Å². The summed E-state index contributed by atoms with van der Waals surface area (Å²) in [7, 11) is 0. The van der Waals surface area contributed by atoms with E-state index in [4.69, 9.17) is 17.3 Å². The summed E-state index contributed by atoms with van der Waals surface area (Å²) in [6.07, 6.45) is 0. The summed E-state index contributed by atoms with van der Waals surface area (Å²) in [6.45, 7) is 0. The van der Waals surface area contributed by atoms with E-state index in [1.807, 2.05) is 6.07 Å². The number of halogens is 2. The number of rotatable bonds is 1. The zero-order valence-electron chi connectivity index (χ0n) is 9.24. The second kappa shape index (κ2) is 3.99. The predicted octanol–water partition coefficient (Wildman–Crippen LogP) is 3.60. The van der Waals surface area contributed by atoms with Gasteiger partial charge in [0, 0.05) is 16.6 Å². The number of nitrogen functional groups attached to an aromatic ring is 1. The van der Waals surface area contributed by atoms with E-state index < -0.39 is 5.82 Å². The maximum absolute atomic E-state index is 13.1. The molecule has 0 saturated carbocycles. The number of anilines is 1. The standard InChI is InChI=1S/C13H9ClFN3/c14-10-5-7(1-4-11(10)15)13-9-3-2-8(16)6-12(9)17-18-13/h1-6H,16H2,(H,17,18). The first kappa shape index (κ1) is 11.0. The minimum atomic E-state index is -0.440. The smallest absolute Gasteiger partial charge is 0.141 e. The highest BCUT2D eigenvalue weighted by Gasteiger charge is 2.10. The number of nitrogens with two attached hydrogens (primary N) is 1. The van der Waals surface area contributed by atoms with Gasteiger partial charge in [-0.2, -0.15) is 5.10 Å². The summed E-state index contributed by atoms with van der Waals surface area (Å²) in [5, 5.41) is 8.12. The summed E-state index contributed by atoms with van der Waals surface area (Å²) >= 11 is 5.77. The fraction of sp³-hybridized carbons (Fsp3) is 0. The van der Waals surface area contributed by atoms with Crippen LogP contribution in [0.4, 0.5) is 10.1 Å². The van der Waals surface area contributed by atoms with E-state index in [0.29, 0.717) is 5.69 Å². The Morgan fingerprint density at radius 3 is 2.78 bits per heavy atom. The van der Waals surface area contributed by atoms with Gasteiger partial charge in [0.15, 0.2) is 0 Å². The van der Waals surface area contributed by atoms with Crippen LogP contribution in [0.5, 0.6) is 0 Å². The molecule has 0 bridgehead atoms. The van der Waals surface area contributed by atoms with Gasteiger partial charge in [-0.15, -0.1) is 0 Å². The van der Waals surface area contributed by atoms with Gasteiger partial charge in [-0.3, -0.25) is 5.10 Å². The van der Waals surface area contributed by atoms with Gasteiger partial charge in [0.1, 0.15) is 5.82 Å². The Kier molecular flexibility index (Phi) is 2.45. The maximum Gasteiger partial charge on any atom is 0.141 e. The van der Waals surface area contributed by atoms with E-state index in [1.165, 1.54) is 6.07 Å². The van der Waals surface area contributed by atoms with E-state index in [-0.39, 0.29) is 5.02 Å². The molecule has 3 nitrogen and oxygen atoms in total. The molecule has 3 rings (SSSR count). The summed E-state index contributed by atoms with van der Waals surface area (Å²) in [5.74, 6) is -0.440. The average molecular weight is 262 g/mol. The summed E-state index contributed by atoms with van der Waals surface area (Å²) in [4.78, 5) is 0. The van der Waals surface area contributed by atoms with Crippen LogP contribution in [-0.2, 0) is 0 Å². The molecule has 0 aliphatic heterocycles. The van der Waals surface area contributed by atoms with E-state index in [0.717, 1.165) is 22.2 Å². The normalized spacial score (nSPS) is 11.0. The van der Waals surface area contributed by atoms with Crippen LogP contribution < -0.4 is 5.73 Å². The topological polar surface area (TPSA) is 54.7 Å². The van der Waals surface area contributed by atoms with Gasteiger partial charge >= 0.3 is 0 Å². The van der Waals surface area contributed by atoms with Crippen molar-refractivity contribution in [2.24, 2.45) is 0 Å². The molecule has 0 aliphatic rings. The minimum absolute atomic E-state index is 0.0825. The summed E-state index contributed by atoms with van der Waals surface area (Å²) in [6, 6.07) is 10.0. The van der Waals surface area contributed by atoms with Crippen molar-refractivity contribution in [1.29, 1.82) is 0 Å². The number of hydrogen-bond acceptors (Lipinski definition) is 2. The fourth-order valence-corrected chi connectivity index (χ4v) is 2.08. The Morgan fingerprint density at radius 1 is 1.17 bits per heavy atom. The predicted molar refractivity (Wildman–Crippen MR) is 70.9 cm³/mol. The van der Waals surface area contributed by atoms with Crippen molar-refractivity contribution in [3.8, 4) is 11.3 Å². The lowest BCUT2D eigenvalue weighted by atomic mass is 10.1. The average Bonchev–Trinajstić information content (AvgIpc) is 2.75. The molecule has 0 radical (unpaired) electrons. The van der Waals surface area contributed by atoms with E-state index in [2.05, 4.69) is 10.2 Å². The maximum atomic E-state index is 13.1. The number of hydrogen-bond donors (Lipinski definition) is 2. The second-order valence-corrected chi connectivity index (χ2v) is 4.41. The number of nitrogens with zero attached hydrogens (tertiary/aromatic N) is 1. The molecule has 0 atom stereocenters. The third-order valence-corrected chi connectivity index (χ3v) is 3.07. The molecule has 3 N–H and O–H groups in total. The van der Waals surface area contributed by atoms with Gasteiger partial charge in [0.2, 0.25) is 0 Å². The molecule has 0 aliphatic carbocycles. The molecule has 1 aromatic heterocycles. The van der Waals surface area contributed by atoms with Gasteiger partial charge < -0.3 is 5.73 Å². The molecule has 18 heavy (non-hydrogen) atoms. The van der Waals surface area contributed by atoms with Crippen molar-refractivity contribution in [1.82, 2.24) is 10.2 Å². The van der Waals surface area contributed by atoms with Crippen LogP contribution in [0.3, 0.4) is 0 Å². The van der Waals surface area contributed by atoms with Crippen LogP contribution in [0.2, 0.25) is 5.02 Å². The highest BCUT2D eigenvalue weighted by atomic mass is 35.5. The van der Waals surface area contributed by atoms with Crippen molar-refractivity contribution < 1.29 is 4.39 Å². The highest BCUT2D eigenvalue weighted by Crippen LogP contribution is 2.29. The zero-order valence-corrected chi connectivity index (χ0v) is 10.0. The fourth-order valence-electron chi connectivity index (χ4n) is 1.90. The number of fused-ring (bicyclic) bond motifs is 1. The first-order valence-corrected chi connectivity index (χ1v) is 5.72. The molecule has 90 valence electrons. The molecular formula is C13H9ClFN3. The molecule has 5 heteroatoms. The third-order valence-electron chi connectivity index (χ3n) is 2.78. The molecule has 0 saturated heterocycles.